The Morgan fingerprint density at radius 1 is 0.951 bits per heavy atom. The number of carbonyl (C=O) groups excluding carboxylic acids is 1. The standard InChI is InChI=1S/C32H38N8O/c1-38-29(20-39-11-3-2-4-12-39)27(19-37-38)28-14-24-13-26(35-17-25(24)18-36-28)16-30(41)23-5-8-34-31(15-23)40-21-32(22-40)6-9-33-10-7-32/h5,8,13-15,17-19,33H,2-4,6-7,9-12,16,20-22H2,1H3. The molecule has 9 heteroatoms. The van der Waals surface area contributed by atoms with E-state index in [0.29, 0.717) is 11.0 Å². The molecule has 0 atom stereocenters. The summed E-state index contributed by atoms with van der Waals surface area (Å²) >= 11 is 0. The van der Waals surface area contributed by atoms with E-state index in [2.05, 4.69) is 36.2 Å². The fourth-order valence-electron chi connectivity index (χ4n) is 6.75. The van der Waals surface area contributed by atoms with Crippen LogP contribution in [0.4, 0.5) is 5.82 Å². The lowest BCUT2D eigenvalue weighted by Crippen LogP contribution is -2.60. The van der Waals surface area contributed by atoms with Crippen molar-refractivity contribution in [1.29, 1.82) is 0 Å². The van der Waals surface area contributed by atoms with E-state index in [4.69, 9.17) is 4.98 Å². The second-order valence-corrected chi connectivity index (χ2v) is 12.2. The van der Waals surface area contributed by atoms with Gasteiger partial charge in [-0.2, -0.15) is 5.10 Å². The highest BCUT2D eigenvalue weighted by atomic mass is 16.1. The number of piperidine rings is 2. The van der Waals surface area contributed by atoms with Crippen molar-refractivity contribution in [3.63, 3.8) is 0 Å². The van der Waals surface area contributed by atoms with Gasteiger partial charge in [0.05, 0.1) is 24.0 Å². The Bertz CT molecular complexity index is 1560. The van der Waals surface area contributed by atoms with Crippen LogP contribution in [0.2, 0.25) is 0 Å². The van der Waals surface area contributed by atoms with Crippen LogP contribution in [-0.2, 0) is 20.0 Å². The van der Waals surface area contributed by atoms with Crippen molar-refractivity contribution >= 4 is 22.4 Å². The summed E-state index contributed by atoms with van der Waals surface area (Å²) in [4.78, 5) is 32.1. The largest absolute Gasteiger partial charge is 0.355 e. The third-order valence-corrected chi connectivity index (χ3v) is 9.27. The predicted molar refractivity (Wildman–Crippen MR) is 160 cm³/mol. The van der Waals surface area contributed by atoms with E-state index in [1.807, 2.05) is 48.5 Å². The van der Waals surface area contributed by atoms with Gasteiger partial charge in [-0.25, -0.2) is 4.98 Å². The lowest BCUT2D eigenvalue weighted by Gasteiger charge is -2.53. The average molecular weight is 551 g/mol. The molecular weight excluding hydrogens is 512 g/mol. The number of Topliss-reactive ketones (excluding diaryl/α,β-unsaturated/α-hetero) is 1. The molecule has 4 aromatic heterocycles. The number of likely N-dealkylation sites (tertiary alicyclic amines) is 1. The summed E-state index contributed by atoms with van der Waals surface area (Å²) in [5, 5.41) is 10.0. The van der Waals surface area contributed by atoms with Gasteiger partial charge in [-0.15, -0.1) is 0 Å². The van der Waals surface area contributed by atoms with E-state index in [1.165, 1.54) is 37.8 Å². The molecule has 0 aromatic carbocycles. The first kappa shape index (κ1) is 26.2. The zero-order chi connectivity index (χ0) is 27.8. The lowest BCUT2D eigenvalue weighted by atomic mass is 9.72. The van der Waals surface area contributed by atoms with Gasteiger partial charge in [0.25, 0.3) is 0 Å². The molecule has 212 valence electrons. The molecule has 9 nitrogen and oxygen atoms in total. The first-order valence-electron chi connectivity index (χ1n) is 15.0. The summed E-state index contributed by atoms with van der Waals surface area (Å²) in [5.74, 6) is 0.960. The van der Waals surface area contributed by atoms with Gasteiger partial charge in [0.1, 0.15) is 5.82 Å². The Balaban J connectivity index is 1.07. The Kier molecular flexibility index (Phi) is 7.00. The van der Waals surface area contributed by atoms with Gasteiger partial charge in [-0.3, -0.25) is 24.3 Å². The number of hydrogen-bond acceptors (Lipinski definition) is 8. The van der Waals surface area contributed by atoms with Gasteiger partial charge in [0.2, 0.25) is 0 Å². The maximum atomic E-state index is 13.3. The monoisotopic (exact) mass is 550 g/mol. The Morgan fingerprint density at radius 3 is 2.59 bits per heavy atom. The van der Waals surface area contributed by atoms with Crippen LogP contribution >= 0.6 is 0 Å². The maximum Gasteiger partial charge on any atom is 0.169 e. The number of nitrogens with zero attached hydrogens (tertiary/aromatic N) is 7. The molecule has 3 saturated heterocycles. The maximum absolute atomic E-state index is 13.3. The summed E-state index contributed by atoms with van der Waals surface area (Å²) < 4.78 is 1.97. The number of carbonyl (C=O) groups is 1. The van der Waals surface area contributed by atoms with Gasteiger partial charge >= 0.3 is 0 Å². The van der Waals surface area contributed by atoms with E-state index in [1.54, 1.807) is 6.20 Å². The molecule has 0 bridgehead atoms. The zero-order valence-corrected chi connectivity index (χ0v) is 23.8. The number of pyridine rings is 3. The first-order valence-corrected chi connectivity index (χ1v) is 15.0. The molecule has 0 saturated carbocycles. The third kappa shape index (κ3) is 5.36. The smallest absolute Gasteiger partial charge is 0.169 e. The van der Waals surface area contributed by atoms with Crippen LogP contribution in [0.1, 0.15) is 53.8 Å². The number of hydrogen-bond donors (Lipinski definition) is 1. The zero-order valence-electron chi connectivity index (χ0n) is 23.8. The number of ketones is 1. The Hall–Kier alpha value is -3.69. The second-order valence-electron chi connectivity index (χ2n) is 12.2. The van der Waals surface area contributed by atoms with Gasteiger partial charge in [0.15, 0.2) is 5.78 Å². The lowest BCUT2D eigenvalue weighted by molar-refractivity contribution is 0.0992. The molecule has 3 fully saturated rings. The molecule has 7 heterocycles. The van der Waals surface area contributed by atoms with E-state index in [-0.39, 0.29) is 12.2 Å². The van der Waals surface area contributed by atoms with Crippen LogP contribution in [-0.4, -0.2) is 74.7 Å². The number of nitrogens with one attached hydrogen (secondary N) is 1. The van der Waals surface area contributed by atoms with Crippen LogP contribution in [0.5, 0.6) is 0 Å². The van der Waals surface area contributed by atoms with Crippen LogP contribution in [0.25, 0.3) is 22.0 Å². The molecule has 0 unspecified atom stereocenters. The number of rotatable bonds is 7. The molecule has 3 aliphatic heterocycles. The number of aryl methyl sites for hydroxylation is 1. The summed E-state index contributed by atoms with van der Waals surface area (Å²) in [6.07, 6.45) is 13.9. The fraction of sp³-hybridized carbons (Fsp3) is 0.469. The minimum Gasteiger partial charge on any atom is -0.355 e. The number of fused-ring (bicyclic) bond motifs is 1. The quantitative estimate of drug-likeness (QED) is 0.345. The van der Waals surface area contributed by atoms with Crippen molar-refractivity contribution in [1.82, 2.24) is 34.9 Å². The molecule has 7 rings (SSSR count). The second kappa shape index (κ2) is 10.9. The Morgan fingerprint density at radius 2 is 1.76 bits per heavy atom. The summed E-state index contributed by atoms with van der Waals surface area (Å²) in [6.45, 7) is 7.39. The van der Waals surface area contributed by atoms with Gasteiger partial charge in [-0.05, 0) is 81.5 Å². The topological polar surface area (TPSA) is 92.1 Å². The van der Waals surface area contributed by atoms with Crippen LogP contribution in [0, 0.1) is 5.41 Å². The Labute approximate surface area is 241 Å². The van der Waals surface area contributed by atoms with Crippen molar-refractivity contribution in [2.24, 2.45) is 12.5 Å². The summed E-state index contributed by atoms with van der Waals surface area (Å²) in [7, 11) is 2.01. The van der Waals surface area contributed by atoms with Gasteiger partial charge in [-0.1, -0.05) is 6.42 Å². The van der Waals surface area contributed by atoms with Crippen molar-refractivity contribution < 1.29 is 4.79 Å². The minimum absolute atomic E-state index is 0.0583. The highest BCUT2D eigenvalue weighted by Crippen LogP contribution is 2.40. The molecule has 1 spiro atoms. The molecule has 4 aromatic rings. The number of aromatic nitrogens is 5. The normalized spacial score (nSPS) is 19.0. The molecular formula is C32H38N8O. The summed E-state index contributed by atoms with van der Waals surface area (Å²) in [5.41, 5.74) is 5.02. The minimum atomic E-state index is 0.0583. The average Bonchev–Trinajstić information content (AvgIpc) is 3.36. The van der Waals surface area contributed by atoms with Crippen LogP contribution in [0.15, 0.2) is 49.1 Å². The molecule has 0 amide bonds. The molecule has 41 heavy (non-hydrogen) atoms. The molecule has 0 aliphatic carbocycles. The SMILES string of the molecule is Cn1ncc(-c2cc3cc(CC(=O)c4ccnc(N5CC6(CCNCC6)C5)c4)ncc3cn2)c1CN1CCCCC1. The molecule has 1 N–H and O–H groups in total. The van der Waals surface area contributed by atoms with E-state index < -0.39 is 0 Å². The highest BCUT2D eigenvalue weighted by Gasteiger charge is 2.43. The van der Waals surface area contributed by atoms with E-state index in [0.717, 1.165) is 79.4 Å². The van der Waals surface area contributed by atoms with Crippen molar-refractivity contribution in [3.8, 4) is 11.3 Å². The van der Waals surface area contributed by atoms with Gasteiger partial charge < -0.3 is 10.2 Å². The molecule has 3 aliphatic rings. The predicted octanol–water partition coefficient (Wildman–Crippen LogP) is 4.03. The van der Waals surface area contributed by atoms with E-state index in [9.17, 15) is 4.79 Å². The van der Waals surface area contributed by atoms with Crippen molar-refractivity contribution in [3.05, 3.63) is 66.0 Å². The highest BCUT2D eigenvalue weighted by molar-refractivity contribution is 5.98. The van der Waals surface area contributed by atoms with E-state index >= 15 is 0 Å². The molecule has 0 radical (unpaired) electrons. The first-order chi connectivity index (χ1) is 20.1. The van der Waals surface area contributed by atoms with Crippen LogP contribution < -0.4 is 10.2 Å². The van der Waals surface area contributed by atoms with Gasteiger partial charge in [0, 0.05) is 72.9 Å². The van der Waals surface area contributed by atoms with Crippen LogP contribution in [0.3, 0.4) is 0 Å². The fourth-order valence-corrected chi connectivity index (χ4v) is 6.75. The third-order valence-electron chi connectivity index (χ3n) is 9.27. The summed E-state index contributed by atoms with van der Waals surface area (Å²) in [6, 6.07) is 7.90. The van der Waals surface area contributed by atoms with Crippen molar-refractivity contribution in [2.75, 3.05) is 44.2 Å². The number of anilines is 1. The van der Waals surface area contributed by atoms with Crippen molar-refractivity contribution in [2.45, 2.75) is 45.1 Å².